The molecule has 3 rings (SSSR count). The molecule has 91 valence electrons. The first kappa shape index (κ1) is 12.3. The fourth-order valence-electron chi connectivity index (χ4n) is 3.10. The molecule has 0 aromatic heterocycles. The van der Waals surface area contributed by atoms with E-state index >= 15 is 0 Å². The number of benzene rings is 2. The summed E-state index contributed by atoms with van der Waals surface area (Å²) >= 11 is -1.46. The third-order valence-electron chi connectivity index (χ3n) is 3.91. The first-order valence-electron chi connectivity index (χ1n) is 6.59. The minimum absolute atomic E-state index is 0.779. The molecule has 1 heteroatoms. The molecule has 0 unspecified atom stereocenters. The van der Waals surface area contributed by atoms with Gasteiger partial charge in [0.15, 0.2) is 0 Å². The van der Waals surface area contributed by atoms with Crippen LogP contribution >= 0.6 is 0 Å². The van der Waals surface area contributed by atoms with Gasteiger partial charge in [-0.2, -0.15) is 0 Å². The van der Waals surface area contributed by atoms with Gasteiger partial charge >= 0.3 is 118 Å². The Kier molecular flexibility index (Phi) is 3.05. The zero-order valence-corrected chi connectivity index (χ0v) is 15.1. The molecular weight excluding hydrogens is 383 g/mol. The van der Waals surface area contributed by atoms with Crippen molar-refractivity contribution in [2.45, 2.75) is 26.9 Å². The van der Waals surface area contributed by atoms with Crippen molar-refractivity contribution >= 4 is 0 Å². The van der Waals surface area contributed by atoms with Crippen molar-refractivity contribution in [3.8, 4) is 11.1 Å². The summed E-state index contributed by atoms with van der Waals surface area (Å²) in [6.45, 7) is 4.39. The molecule has 0 nitrogen and oxygen atoms in total. The summed E-state index contributed by atoms with van der Waals surface area (Å²) in [4.78, 5) is 0. The van der Waals surface area contributed by atoms with Crippen LogP contribution in [-0.2, 0) is 21.4 Å². The molecule has 0 atom stereocenters. The Morgan fingerprint density at radius 1 is 0.778 bits per heavy atom. The van der Waals surface area contributed by atoms with Crippen molar-refractivity contribution in [3.05, 3.63) is 58.7 Å². The number of hydrogen-bond acceptors (Lipinski definition) is 0. The molecule has 0 bridgehead atoms. The van der Waals surface area contributed by atoms with Crippen LogP contribution in [-0.4, -0.2) is 0 Å². The molecule has 2 aromatic rings. The van der Waals surface area contributed by atoms with Gasteiger partial charge < -0.3 is 0 Å². The zero-order valence-electron chi connectivity index (χ0n) is 11.5. The van der Waals surface area contributed by atoms with Crippen LogP contribution < -0.4 is 0 Å². The van der Waals surface area contributed by atoms with Gasteiger partial charge in [0.05, 0.1) is 0 Å². The van der Waals surface area contributed by atoms with Gasteiger partial charge in [0.1, 0.15) is 0 Å². The van der Waals surface area contributed by atoms with Crippen LogP contribution in [0.1, 0.15) is 25.9 Å². The summed E-state index contributed by atoms with van der Waals surface area (Å²) in [5.74, 6) is 0. The van der Waals surface area contributed by atoms with Crippen LogP contribution in [0.25, 0.3) is 11.1 Å². The van der Waals surface area contributed by atoms with Crippen molar-refractivity contribution < 1.29 is 21.4 Å². The maximum absolute atomic E-state index is 2.54. The Morgan fingerprint density at radius 3 is 1.61 bits per heavy atom. The number of fused-ring (bicyclic) bond motifs is 3. The van der Waals surface area contributed by atoms with Crippen LogP contribution in [0.5, 0.6) is 0 Å². The molecule has 0 amide bonds. The minimum atomic E-state index is -1.46. The van der Waals surface area contributed by atoms with Gasteiger partial charge in [-0.1, -0.05) is 0 Å². The zero-order chi connectivity index (χ0) is 12.9. The van der Waals surface area contributed by atoms with Gasteiger partial charge in [-0.05, 0) is 0 Å². The second kappa shape index (κ2) is 4.45. The molecule has 0 N–H and O–H groups in total. The second-order valence-corrected chi connectivity index (χ2v) is 15.5. The van der Waals surface area contributed by atoms with E-state index in [1.807, 2.05) is 0 Å². The summed E-state index contributed by atoms with van der Waals surface area (Å²) in [6, 6.07) is 14.1. The van der Waals surface area contributed by atoms with E-state index in [1.165, 1.54) is 22.3 Å². The fourth-order valence-corrected chi connectivity index (χ4v) is 9.38. The monoisotopic (exact) mass is 403 g/mol. The van der Waals surface area contributed by atoms with E-state index in [1.54, 1.807) is 11.1 Å². The summed E-state index contributed by atoms with van der Waals surface area (Å²) < 4.78 is 5.85. The van der Waals surface area contributed by atoms with E-state index in [4.69, 9.17) is 0 Å². The molecule has 18 heavy (non-hydrogen) atoms. The van der Waals surface area contributed by atoms with E-state index in [9.17, 15) is 0 Å². The number of rotatable bonds is 1. The standard InChI is InChI=1S/C15H13.2CH3.Hf/c1-10-3-5-12-9-13-6-4-11(2)8-15(13)14(12)7-10;;;/h3-9H,1-2H3;2*1H3;. The Morgan fingerprint density at radius 2 is 1.22 bits per heavy atom. The second-order valence-electron chi connectivity index (χ2n) is 5.69. The van der Waals surface area contributed by atoms with Gasteiger partial charge in [0.2, 0.25) is 0 Å². The quantitative estimate of drug-likeness (QED) is 0.584. The van der Waals surface area contributed by atoms with Gasteiger partial charge in [0, 0.05) is 0 Å². The summed E-state index contributed by atoms with van der Waals surface area (Å²) in [5.41, 5.74) is 8.97. The van der Waals surface area contributed by atoms with E-state index in [0.29, 0.717) is 0 Å². The average Bonchev–Trinajstić information content (AvgIpc) is 2.62. The summed E-state index contributed by atoms with van der Waals surface area (Å²) in [7, 11) is 0. The molecule has 0 aliphatic heterocycles. The maximum atomic E-state index is 2.54. The van der Waals surface area contributed by atoms with E-state index in [0.717, 1.165) is 3.67 Å². The van der Waals surface area contributed by atoms with Crippen LogP contribution in [0, 0.1) is 13.8 Å². The van der Waals surface area contributed by atoms with Gasteiger partial charge in [-0.15, -0.1) is 0 Å². The predicted molar refractivity (Wildman–Crippen MR) is 74.9 cm³/mol. The SMILES string of the molecule is Cc1ccc2c(c1)-c1cc(C)ccc1[CH]2[Hf]([CH3])[CH3]. The molecule has 1 aliphatic rings. The van der Waals surface area contributed by atoms with Crippen LogP contribution in [0.2, 0.25) is 9.36 Å². The van der Waals surface area contributed by atoms with E-state index in [-0.39, 0.29) is 0 Å². The third kappa shape index (κ3) is 1.84. The van der Waals surface area contributed by atoms with Crippen molar-refractivity contribution in [1.29, 1.82) is 0 Å². The van der Waals surface area contributed by atoms with Crippen molar-refractivity contribution in [2.24, 2.45) is 0 Å². The van der Waals surface area contributed by atoms with Crippen molar-refractivity contribution in [2.75, 3.05) is 0 Å². The van der Waals surface area contributed by atoms with Gasteiger partial charge in [-0.3, -0.25) is 0 Å². The molecular formula is C17H19Hf. The molecule has 2 aromatic carbocycles. The van der Waals surface area contributed by atoms with Gasteiger partial charge in [0.25, 0.3) is 0 Å². The van der Waals surface area contributed by atoms with E-state index < -0.39 is 21.4 Å². The van der Waals surface area contributed by atoms with Crippen LogP contribution in [0.3, 0.4) is 0 Å². The Labute approximate surface area is 118 Å². The molecule has 1 aliphatic carbocycles. The number of hydrogen-bond donors (Lipinski definition) is 0. The van der Waals surface area contributed by atoms with Crippen molar-refractivity contribution in [1.82, 2.24) is 0 Å². The molecule has 0 radical (unpaired) electrons. The first-order valence-corrected chi connectivity index (χ1v) is 15.9. The third-order valence-corrected chi connectivity index (χ3v) is 10.3. The number of aryl methyl sites for hydroxylation is 2. The molecule has 0 spiro atoms. The summed E-state index contributed by atoms with van der Waals surface area (Å²) in [6.07, 6.45) is 0. The topological polar surface area (TPSA) is 0 Å². The molecule has 0 heterocycles. The molecule has 0 saturated carbocycles. The van der Waals surface area contributed by atoms with Gasteiger partial charge in [-0.25, -0.2) is 0 Å². The molecule has 0 fully saturated rings. The summed E-state index contributed by atoms with van der Waals surface area (Å²) in [5, 5.41) is 0. The predicted octanol–water partition coefficient (Wildman–Crippen LogP) is 5.09. The van der Waals surface area contributed by atoms with E-state index in [2.05, 4.69) is 59.6 Å². The van der Waals surface area contributed by atoms with Crippen LogP contribution in [0.4, 0.5) is 0 Å². The Hall–Kier alpha value is -0.690. The normalized spacial score (nSPS) is 13.3. The average molecular weight is 402 g/mol. The van der Waals surface area contributed by atoms with Crippen LogP contribution in [0.15, 0.2) is 36.4 Å². The molecule has 0 saturated heterocycles. The fraction of sp³-hybridized carbons (Fsp3) is 0.294. The Balaban J connectivity index is 2.31. The first-order chi connectivity index (χ1) is 8.58. The van der Waals surface area contributed by atoms with Crippen molar-refractivity contribution in [3.63, 3.8) is 0 Å². The Bertz CT molecular complexity index is 560.